The maximum absolute atomic E-state index is 12.0. The number of carboxylic acid groups (broad SMARTS) is 1. The van der Waals surface area contributed by atoms with Crippen molar-refractivity contribution in [2.24, 2.45) is 0 Å². The molecular weight excluding hydrogens is 280 g/mol. The largest absolute Gasteiger partial charge is 0.481 e. The van der Waals surface area contributed by atoms with Crippen molar-refractivity contribution in [3.63, 3.8) is 0 Å². The zero-order valence-electron chi connectivity index (χ0n) is 10.1. The number of furan rings is 1. The zero-order valence-corrected chi connectivity index (χ0v) is 10.9. The summed E-state index contributed by atoms with van der Waals surface area (Å²) in [7, 11) is 0. The minimum Gasteiger partial charge on any atom is -0.481 e. The Morgan fingerprint density at radius 3 is 2.74 bits per heavy atom. The van der Waals surface area contributed by atoms with Crippen molar-refractivity contribution in [1.82, 2.24) is 5.32 Å². The summed E-state index contributed by atoms with van der Waals surface area (Å²) in [6.07, 6.45) is -0.208. The average Bonchev–Trinajstić information content (AvgIpc) is 2.73. The number of nitrogens with one attached hydrogen (secondary N) is 1. The second-order valence-electron chi connectivity index (χ2n) is 3.81. The molecular formula is C11H13F2NO4S. The highest BCUT2D eigenvalue weighted by molar-refractivity contribution is 7.98. The van der Waals surface area contributed by atoms with E-state index in [4.69, 9.17) is 9.52 Å². The normalized spacial score (nSPS) is 12.4. The maximum Gasteiger partial charge on any atom is 0.305 e. The van der Waals surface area contributed by atoms with E-state index in [1.807, 2.05) is 0 Å². The lowest BCUT2D eigenvalue weighted by Crippen LogP contribution is -2.33. The Morgan fingerprint density at radius 1 is 1.47 bits per heavy atom. The van der Waals surface area contributed by atoms with E-state index in [1.54, 1.807) is 6.92 Å². The van der Waals surface area contributed by atoms with Crippen LogP contribution in [0.3, 0.4) is 0 Å². The van der Waals surface area contributed by atoms with Gasteiger partial charge in [-0.2, -0.15) is 8.78 Å². The molecule has 2 N–H and O–H groups in total. The minimum absolute atomic E-state index is 0.0258. The molecule has 5 nitrogen and oxygen atoms in total. The van der Waals surface area contributed by atoms with Crippen LogP contribution >= 0.6 is 11.8 Å². The first-order valence-electron chi connectivity index (χ1n) is 5.39. The lowest BCUT2D eigenvalue weighted by atomic mass is 10.2. The minimum atomic E-state index is -2.50. The Balaban J connectivity index is 2.51. The molecule has 1 amide bonds. The third-order valence-electron chi connectivity index (χ3n) is 2.10. The van der Waals surface area contributed by atoms with Crippen molar-refractivity contribution < 1.29 is 27.9 Å². The van der Waals surface area contributed by atoms with Gasteiger partial charge in [-0.1, -0.05) is 11.8 Å². The number of carbonyl (C=O) groups is 2. The van der Waals surface area contributed by atoms with Gasteiger partial charge in [0.05, 0.1) is 12.2 Å². The van der Waals surface area contributed by atoms with Gasteiger partial charge >= 0.3 is 5.97 Å². The van der Waals surface area contributed by atoms with Gasteiger partial charge in [0.15, 0.2) is 5.76 Å². The molecule has 0 radical (unpaired) electrons. The fourth-order valence-electron chi connectivity index (χ4n) is 1.33. The number of hydrogen-bond acceptors (Lipinski definition) is 4. The average molecular weight is 293 g/mol. The molecule has 1 atom stereocenters. The van der Waals surface area contributed by atoms with Crippen molar-refractivity contribution in [3.8, 4) is 0 Å². The van der Waals surface area contributed by atoms with Gasteiger partial charge in [-0.05, 0) is 19.1 Å². The molecule has 1 aromatic heterocycles. The molecule has 0 saturated heterocycles. The summed E-state index contributed by atoms with van der Waals surface area (Å²) in [5.74, 6) is -3.89. The predicted molar refractivity (Wildman–Crippen MR) is 65.2 cm³/mol. The van der Waals surface area contributed by atoms with E-state index in [1.165, 1.54) is 12.1 Å². The van der Waals surface area contributed by atoms with E-state index < -0.39 is 23.7 Å². The third kappa shape index (κ3) is 5.73. The first-order valence-corrected chi connectivity index (χ1v) is 6.44. The molecule has 1 heterocycles. The number of carboxylic acids is 1. The SMILES string of the molecule is CC(CC(=O)O)NC(=O)c1ccc(CSC(F)F)o1. The van der Waals surface area contributed by atoms with Gasteiger partial charge in [0.2, 0.25) is 0 Å². The van der Waals surface area contributed by atoms with Crippen molar-refractivity contribution in [2.75, 3.05) is 0 Å². The van der Waals surface area contributed by atoms with Crippen molar-refractivity contribution in [3.05, 3.63) is 23.7 Å². The molecule has 0 aromatic carbocycles. The van der Waals surface area contributed by atoms with Crippen LogP contribution < -0.4 is 5.32 Å². The van der Waals surface area contributed by atoms with Gasteiger partial charge in [-0.15, -0.1) is 0 Å². The smallest absolute Gasteiger partial charge is 0.305 e. The number of hydrogen-bond donors (Lipinski definition) is 2. The number of alkyl halides is 2. The van der Waals surface area contributed by atoms with E-state index in [9.17, 15) is 18.4 Å². The van der Waals surface area contributed by atoms with Gasteiger partial charge in [-0.25, -0.2) is 0 Å². The fourth-order valence-corrected chi connectivity index (χ4v) is 1.78. The van der Waals surface area contributed by atoms with Gasteiger partial charge < -0.3 is 14.8 Å². The Labute approximate surface area is 112 Å². The molecule has 0 spiro atoms. The van der Waals surface area contributed by atoms with Crippen LogP contribution in [-0.4, -0.2) is 28.8 Å². The van der Waals surface area contributed by atoms with Crippen molar-refractivity contribution >= 4 is 23.6 Å². The summed E-state index contributed by atoms with van der Waals surface area (Å²) in [5, 5.41) is 11.0. The van der Waals surface area contributed by atoms with E-state index in [-0.39, 0.29) is 23.7 Å². The molecule has 106 valence electrons. The maximum atomic E-state index is 12.0. The van der Waals surface area contributed by atoms with Crippen LogP contribution in [-0.2, 0) is 10.5 Å². The lowest BCUT2D eigenvalue weighted by molar-refractivity contribution is -0.137. The monoisotopic (exact) mass is 293 g/mol. The zero-order chi connectivity index (χ0) is 14.4. The van der Waals surface area contributed by atoms with Gasteiger partial charge in [0.25, 0.3) is 11.7 Å². The van der Waals surface area contributed by atoms with E-state index in [2.05, 4.69) is 5.32 Å². The molecule has 0 aliphatic heterocycles. The Kier molecular flexibility index (Phi) is 5.81. The Bertz CT molecular complexity index is 450. The van der Waals surface area contributed by atoms with E-state index in [0.717, 1.165) is 0 Å². The number of halogens is 2. The summed E-state index contributed by atoms with van der Waals surface area (Å²) in [6, 6.07) is 2.25. The summed E-state index contributed by atoms with van der Waals surface area (Å²) >= 11 is 0.395. The highest BCUT2D eigenvalue weighted by Crippen LogP contribution is 2.21. The highest BCUT2D eigenvalue weighted by atomic mass is 32.2. The standard InChI is InChI=1S/C11H13F2NO4S/c1-6(4-9(15)16)14-10(17)8-3-2-7(18-8)5-19-11(12)13/h2-3,6,11H,4-5H2,1H3,(H,14,17)(H,15,16). The van der Waals surface area contributed by atoms with E-state index >= 15 is 0 Å². The second kappa shape index (κ2) is 7.13. The summed E-state index contributed by atoms with van der Waals surface area (Å²) in [4.78, 5) is 22.1. The second-order valence-corrected chi connectivity index (χ2v) is 4.79. The van der Waals surface area contributed by atoms with Crippen LogP contribution in [0.15, 0.2) is 16.5 Å². The van der Waals surface area contributed by atoms with E-state index in [0.29, 0.717) is 11.8 Å². The molecule has 1 unspecified atom stereocenters. The van der Waals surface area contributed by atoms with Crippen LogP contribution in [0.1, 0.15) is 29.7 Å². The fraction of sp³-hybridized carbons (Fsp3) is 0.455. The number of carbonyl (C=O) groups excluding carboxylic acids is 1. The number of thioether (sulfide) groups is 1. The highest BCUT2D eigenvalue weighted by Gasteiger charge is 2.16. The van der Waals surface area contributed by atoms with Gasteiger partial charge in [0.1, 0.15) is 5.76 Å². The lowest BCUT2D eigenvalue weighted by Gasteiger charge is -2.09. The van der Waals surface area contributed by atoms with Crippen LogP contribution in [0.4, 0.5) is 8.78 Å². The quantitative estimate of drug-likeness (QED) is 0.806. The van der Waals surface area contributed by atoms with Crippen LogP contribution in [0.5, 0.6) is 0 Å². The molecule has 0 saturated carbocycles. The number of amides is 1. The number of aliphatic carboxylic acids is 1. The first kappa shape index (κ1) is 15.5. The molecule has 1 aromatic rings. The summed E-state index contributed by atoms with van der Waals surface area (Å²) < 4.78 is 29.0. The summed E-state index contributed by atoms with van der Waals surface area (Å²) in [6.45, 7) is 1.54. The topological polar surface area (TPSA) is 79.5 Å². The molecule has 0 bridgehead atoms. The molecule has 1 rings (SSSR count). The van der Waals surface area contributed by atoms with Crippen LogP contribution in [0.25, 0.3) is 0 Å². The molecule has 0 aliphatic carbocycles. The van der Waals surface area contributed by atoms with Gasteiger partial charge in [-0.3, -0.25) is 9.59 Å². The summed E-state index contributed by atoms with van der Waals surface area (Å²) in [5.41, 5.74) is 0. The Morgan fingerprint density at radius 2 is 2.16 bits per heavy atom. The van der Waals surface area contributed by atoms with Crippen LogP contribution in [0.2, 0.25) is 0 Å². The first-order chi connectivity index (χ1) is 8.88. The van der Waals surface area contributed by atoms with Crippen LogP contribution in [0, 0.1) is 0 Å². The van der Waals surface area contributed by atoms with Crippen molar-refractivity contribution in [2.45, 2.75) is 30.9 Å². The molecule has 0 fully saturated rings. The van der Waals surface area contributed by atoms with Gasteiger partial charge in [0, 0.05) is 6.04 Å². The molecule has 19 heavy (non-hydrogen) atoms. The number of rotatable bonds is 7. The third-order valence-corrected chi connectivity index (χ3v) is 2.80. The predicted octanol–water partition coefficient (Wildman–Crippen LogP) is 2.33. The Hall–Kier alpha value is -1.57. The molecule has 8 heteroatoms. The molecule has 0 aliphatic rings. The van der Waals surface area contributed by atoms with Crippen molar-refractivity contribution in [1.29, 1.82) is 0 Å².